The number of aryl methyl sites for hydroxylation is 1. The summed E-state index contributed by atoms with van der Waals surface area (Å²) in [5, 5.41) is 12.6. The third-order valence-corrected chi connectivity index (χ3v) is 5.27. The number of carboxylic acids is 1. The van der Waals surface area contributed by atoms with E-state index in [0.717, 1.165) is 16.7 Å². The van der Waals surface area contributed by atoms with Crippen molar-refractivity contribution in [1.82, 2.24) is 10.0 Å². The topological polar surface area (TPSA) is 81.2 Å². The Labute approximate surface area is 174 Å². The molecule has 0 saturated heterocycles. The normalized spacial score (nSPS) is 13.1. The summed E-state index contributed by atoms with van der Waals surface area (Å²) in [6, 6.07) is 9.58. The Morgan fingerprint density at radius 2 is 1.77 bits per heavy atom. The number of carboxylic acid groups (broad SMARTS) is 1. The molecule has 7 nitrogen and oxygen atoms in total. The van der Waals surface area contributed by atoms with Gasteiger partial charge in [0.1, 0.15) is 12.4 Å². The number of hydrogen-bond acceptors (Lipinski definition) is 5. The quantitative estimate of drug-likeness (QED) is 0.703. The first kappa shape index (κ1) is 21.4. The molecule has 1 amide bonds. The van der Waals surface area contributed by atoms with E-state index in [0.29, 0.717) is 24.3 Å². The van der Waals surface area contributed by atoms with Crippen molar-refractivity contribution < 1.29 is 23.9 Å². The van der Waals surface area contributed by atoms with E-state index in [1.807, 2.05) is 0 Å². The van der Waals surface area contributed by atoms with Crippen molar-refractivity contribution in [3.8, 4) is 0 Å². The first-order valence-corrected chi connectivity index (χ1v) is 9.52. The smallest absolute Gasteiger partial charge is 0.323 e. The van der Waals surface area contributed by atoms with Gasteiger partial charge in [-0.15, -0.1) is 0 Å². The van der Waals surface area contributed by atoms with Crippen LogP contribution < -0.4 is 4.90 Å². The van der Waals surface area contributed by atoms with Gasteiger partial charge in [-0.2, -0.15) is 0 Å². The fourth-order valence-corrected chi connectivity index (χ4v) is 3.54. The predicted molar refractivity (Wildman–Crippen MR) is 109 cm³/mol. The Morgan fingerprint density at radius 1 is 1.07 bits per heavy atom. The van der Waals surface area contributed by atoms with Gasteiger partial charge in [-0.25, -0.2) is 9.40 Å². The minimum absolute atomic E-state index is 0.142. The Bertz CT molecular complexity index is 1010. The maximum absolute atomic E-state index is 13.5. The summed E-state index contributed by atoms with van der Waals surface area (Å²) in [6.07, 6.45) is 0. The molecule has 0 spiro atoms. The van der Waals surface area contributed by atoms with Crippen LogP contribution in [0.2, 0.25) is 0 Å². The molecule has 0 bridgehead atoms. The number of nitrogens with zero attached hydrogens (tertiary/aromatic N) is 3. The van der Waals surface area contributed by atoms with Crippen LogP contribution in [0.4, 0.5) is 10.1 Å². The molecule has 2 aromatic carbocycles. The highest BCUT2D eigenvalue weighted by Gasteiger charge is 2.27. The summed E-state index contributed by atoms with van der Waals surface area (Å²) in [5.74, 6) is -1.85. The Balaban J connectivity index is 1.78. The highest BCUT2D eigenvalue weighted by atomic mass is 19.1. The van der Waals surface area contributed by atoms with Gasteiger partial charge in [0.15, 0.2) is 5.78 Å². The molecule has 1 heterocycles. The molecule has 0 atom stereocenters. The van der Waals surface area contributed by atoms with Crippen LogP contribution in [0.25, 0.3) is 0 Å². The van der Waals surface area contributed by atoms with E-state index in [4.69, 9.17) is 0 Å². The first-order valence-electron chi connectivity index (χ1n) is 9.52. The van der Waals surface area contributed by atoms with Crippen molar-refractivity contribution in [2.45, 2.75) is 26.9 Å². The summed E-state index contributed by atoms with van der Waals surface area (Å²) in [4.78, 5) is 37.6. The molecule has 0 saturated carbocycles. The molecular formula is C22H24FN3O4. The number of halogens is 1. The number of benzene rings is 2. The van der Waals surface area contributed by atoms with Gasteiger partial charge in [-0.05, 0) is 48.7 Å². The van der Waals surface area contributed by atoms with Crippen LogP contribution in [0.1, 0.15) is 34.0 Å². The molecule has 1 aliphatic rings. The van der Waals surface area contributed by atoms with Crippen molar-refractivity contribution >= 4 is 23.3 Å². The molecular weight excluding hydrogens is 389 g/mol. The number of anilines is 1. The van der Waals surface area contributed by atoms with E-state index in [2.05, 4.69) is 0 Å². The van der Waals surface area contributed by atoms with Gasteiger partial charge in [-0.3, -0.25) is 19.4 Å². The summed E-state index contributed by atoms with van der Waals surface area (Å²) in [5.41, 5.74) is 3.51. The van der Waals surface area contributed by atoms with Crippen molar-refractivity contribution in [3.63, 3.8) is 0 Å². The van der Waals surface area contributed by atoms with Gasteiger partial charge in [-0.1, -0.05) is 18.2 Å². The molecule has 0 aliphatic carbocycles. The Kier molecular flexibility index (Phi) is 6.17. The maximum atomic E-state index is 13.5. The Morgan fingerprint density at radius 3 is 2.43 bits per heavy atom. The number of ketones is 1. The van der Waals surface area contributed by atoms with Crippen LogP contribution in [0, 0.1) is 12.7 Å². The maximum Gasteiger partial charge on any atom is 0.323 e. The van der Waals surface area contributed by atoms with Crippen LogP contribution >= 0.6 is 0 Å². The number of carbonyl (C=O) groups excluding carboxylic acids is 2. The molecule has 3 rings (SSSR count). The lowest BCUT2D eigenvalue weighted by Gasteiger charge is -2.31. The zero-order valence-electron chi connectivity index (χ0n) is 17.2. The van der Waals surface area contributed by atoms with Crippen LogP contribution in [0.5, 0.6) is 0 Å². The van der Waals surface area contributed by atoms with E-state index in [-0.39, 0.29) is 30.6 Å². The van der Waals surface area contributed by atoms with Crippen LogP contribution in [0.15, 0.2) is 36.4 Å². The van der Waals surface area contributed by atoms with E-state index in [9.17, 15) is 23.9 Å². The second kappa shape index (κ2) is 8.62. The molecule has 0 unspecified atom stereocenters. The molecule has 2 aromatic rings. The molecule has 0 fully saturated rings. The zero-order valence-corrected chi connectivity index (χ0v) is 17.2. The lowest BCUT2D eigenvalue weighted by atomic mass is 10.1. The second-order valence-corrected chi connectivity index (χ2v) is 7.46. The van der Waals surface area contributed by atoms with Crippen molar-refractivity contribution in [2.75, 3.05) is 25.0 Å². The molecule has 1 aliphatic heterocycles. The zero-order chi connectivity index (χ0) is 22.0. The lowest BCUT2D eigenvalue weighted by Crippen LogP contribution is -2.47. The van der Waals surface area contributed by atoms with Gasteiger partial charge in [0, 0.05) is 31.4 Å². The number of hydrogen-bond donors (Lipinski definition) is 1. The number of Topliss-reactive ketones (excluding diaryl/α,β-unsaturated/α-hetero) is 1. The highest BCUT2D eigenvalue weighted by molar-refractivity contribution is 5.95. The summed E-state index contributed by atoms with van der Waals surface area (Å²) in [6.45, 7) is 3.54. The Hall–Kier alpha value is -3.26. The predicted octanol–water partition coefficient (Wildman–Crippen LogP) is 2.62. The molecule has 158 valence electrons. The van der Waals surface area contributed by atoms with Gasteiger partial charge < -0.3 is 10.0 Å². The van der Waals surface area contributed by atoms with Crippen LogP contribution in [0.3, 0.4) is 0 Å². The van der Waals surface area contributed by atoms with E-state index >= 15 is 0 Å². The van der Waals surface area contributed by atoms with Gasteiger partial charge >= 0.3 is 5.97 Å². The summed E-state index contributed by atoms with van der Waals surface area (Å²) in [7, 11) is 1.61. The minimum atomic E-state index is -1.08. The molecule has 1 N–H and O–H groups in total. The molecule has 0 radical (unpaired) electrons. The standard InChI is InChI=1S/C22H24FN3O4/c1-14-4-5-16(15(2)27)9-20(14)25(13-22(29)30)12-21(28)24(3)26-10-17-6-7-19(23)8-18(17)11-26/h4-9H,10-13H2,1-3H3,(H,29,30). The van der Waals surface area contributed by atoms with Crippen LogP contribution in [-0.2, 0) is 22.7 Å². The third-order valence-electron chi connectivity index (χ3n) is 5.27. The fraction of sp³-hybridized carbons (Fsp3) is 0.318. The summed E-state index contributed by atoms with van der Waals surface area (Å²) >= 11 is 0. The number of likely N-dealkylation sites (N-methyl/N-ethyl adjacent to an activating group) is 1. The number of hydrazine groups is 1. The van der Waals surface area contributed by atoms with E-state index in [1.165, 1.54) is 29.0 Å². The minimum Gasteiger partial charge on any atom is -0.480 e. The highest BCUT2D eigenvalue weighted by Crippen LogP contribution is 2.26. The van der Waals surface area contributed by atoms with Crippen LogP contribution in [-0.4, -0.2) is 52.9 Å². The second-order valence-electron chi connectivity index (χ2n) is 7.46. The third kappa shape index (κ3) is 4.65. The van der Waals surface area contributed by atoms with E-state index < -0.39 is 5.97 Å². The van der Waals surface area contributed by atoms with Gasteiger partial charge in [0.2, 0.25) is 0 Å². The number of aliphatic carboxylic acids is 1. The fourth-order valence-electron chi connectivity index (χ4n) is 3.54. The van der Waals surface area contributed by atoms with Crippen molar-refractivity contribution in [1.29, 1.82) is 0 Å². The van der Waals surface area contributed by atoms with Crippen molar-refractivity contribution in [3.05, 3.63) is 64.5 Å². The van der Waals surface area contributed by atoms with Gasteiger partial charge in [0.05, 0.1) is 6.54 Å². The average Bonchev–Trinajstić information content (AvgIpc) is 3.09. The van der Waals surface area contributed by atoms with E-state index in [1.54, 1.807) is 43.2 Å². The molecule has 8 heteroatoms. The SMILES string of the molecule is CC(=O)c1ccc(C)c(N(CC(=O)O)CC(=O)N(C)N2Cc3ccc(F)cc3C2)c1. The number of amides is 1. The number of rotatable bonds is 7. The van der Waals surface area contributed by atoms with Crippen molar-refractivity contribution in [2.24, 2.45) is 0 Å². The largest absolute Gasteiger partial charge is 0.480 e. The monoisotopic (exact) mass is 413 g/mol. The lowest BCUT2D eigenvalue weighted by molar-refractivity contribution is -0.145. The molecule has 30 heavy (non-hydrogen) atoms. The average molecular weight is 413 g/mol. The first-order chi connectivity index (χ1) is 14.2. The number of fused-ring (bicyclic) bond motifs is 1. The summed E-state index contributed by atoms with van der Waals surface area (Å²) < 4.78 is 13.5. The molecule has 0 aromatic heterocycles. The number of carbonyl (C=O) groups is 3. The van der Waals surface area contributed by atoms with Gasteiger partial charge in [0.25, 0.3) is 5.91 Å².